The lowest BCUT2D eigenvalue weighted by atomic mass is 10.0. The van der Waals surface area contributed by atoms with Crippen molar-refractivity contribution in [2.45, 2.75) is 18.9 Å². The first-order valence-corrected chi connectivity index (χ1v) is 17.3. The molecule has 4 amide bonds. The van der Waals surface area contributed by atoms with E-state index in [0.717, 1.165) is 15.9 Å². The molecule has 2 heterocycles. The van der Waals surface area contributed by atoms with Gasteiger partial charge in [-0.05, 0) is 18.6 Å². The van der Waals surface area contributed by atoms with Crippen molar-refractivity contribution in [1.29, 1.82) is 0 Å². The Hall–Kier alpha value is -2.29. The van der Waals surface area contributed by atoms with Crippen molar-refractivity contribution < 1.29 is 57.1 Å². The summed E-state index contributed by atoms with van der Waals surface area (Å²) in [7, 11) is 0. The van der Waals surface area contributed by atoms with Gasteiger partial charge in [-0.2, -0.15) is 0 Å². The number of hydrogen-bond acceptors (Lipinski definition) is 13. The maximum Gasteiger partial charge on any atom is 0.264 e. The number of imide groups is 2. The van der Waals surface area contributed by atoms with Crippen molar-refractivity contribution in [1.82, 2.24) is 10.2 Å². The number of hydrogen-bond donors (Lipinski definition) is 2. The second kappa shape index (κ2) is 23.9. The smallest absolute Gasteiger partial charge is 0.264 e. The quantitative estimate of drug-likeness (QED) is 0.0537. The number of rotatable bonds is 28. The highest BCUT2D eigenvalue weighted by Crippen LogP contribution is 2.32. The molecule has 1 fully saturated rings. The monoisotopic (exact) mass is 779 g/mol. The standard InChI is InChI=1S/C31H46IN3O12/c32-6-8-40-10-12-42-14-16-44-18-20-46-22-23-47-21-19-45-17-15-43-13-11-41-9-7-33-25-3-1-2-24-28(25)31(39)35(30(24)38)26-4-5-27(36)34-29(26)37/h1-3,26,33H,4-23H2,(H,34,36,37). The number of halogens is 1. The molecule has 47 heavy (non-hydrogen) atoms. The van der Waals surface area contributed by atoms with Crippen molar-refractivity contribution in [3.8, 4) is 0 Å². The summed E-state index contributed by atoms with van der Waals surface area (Å²) < 4.78 is 44.6. The Morgan fingerprint density at radius 3 is 1.60 bits per heavy atom. The number of alkyl halides is 1. The van der Waals surface area contributed by atoms with Crippen LogP contribution in [0.2, 0.25) is 0 Å². The minimum Gasteiger partial charge on any atom is -0.382 e. The molecule has 3 rings (SSSR count). The third-order valence-electron chi connectivity index (χ3n) is 6.86. The van der Waals surface area contributed by atoms with Crippen LogP contribution < -0.4 is 10.6 Å². The zero-order valence-corrected chi connectivity index (χ0v) is 28.8. The number of fused-ring (bicyclic) bond motifs is 1. The molecule has 1 unspecified atom stereocenters. The van der Waals surface area contributed by atoms with E-state index in [1.54, 1.807) is 18.2 Å². The van der Waals surface area contributed by atoms with Crippen LogP contribution in [0.15, 0.2) is 18.2 Å². The molecule has 0 aromatic heterocycles. The van der Waals surface area contributed by atoms with Gasteiger partial charge in [0, 0.05) is 23.1 Å². The largest absolute Gasteiger partial charge is 0.382 e. The highest BCUT2D eigenvalue weighted by molar-refractivity contribution is 14.1. The molecule has 1 aromatic rings. The van der Waals surface area contributed by atoms with E-state index in [4.69, 9.17) is 37.9 Å². The Balaban J connectivity index is 1.09. The zero-order valence-electron chi connectivity index (χ0n) is 26.7. The van der Waals surface area contributed by atoms with Crippen LogP contribution >= 0.6 is 22.6 Å². The summed E-state index contributed by atoms with van der Waals surface area (Å²) in [5.74, 6) is -2.15. The van der Waals surface area contributed by atoms with Gasteiger partial charge in [0.25, 0.3) is 11.8 Å². The van der Waals surface area contributed by atoms with E-state index in [1.807, 2.05) is 0 Å². The highest BCUT2D eigenvalue weighted by atomic mass is 127. The molecule has 15 nitrogen and oxygen atoms in total. The van der Waals surface area contributed by atoms with Crippen LogP contribution in [0.25, 0.3) is 0 Å². The number of anilines is 1. The predicted octanol–water partition coefficient (Wildman–Crippen LogP) is 1.07. The van der Waals surface area contributed by atoms with Gasteiger partial charge in [0.2, 0.25) is 11.8 Å². The highest BCUT2D eigenvalue weighted by Gasteiger charge is 2.45. The topological polar surface area (TPSA) is 169 Å². The minimum atomic E-state index is -1.00. The third-order valence-corrected chi connectivity index (χ3v) is 7.30. The van der Waals surface area contributed by atoms with E-state index in [9.17, 15) is 19.2 Å². The third kappa shape index (κ3) is 14.4. The lowest BCUT2D eigenvalue weighted by Gasteiger charge is -2.27. The summed E-state index contributed by atoms with van der Waals surface area (Å²) >= 11 is 2.27. The molecule has 1 atom stereocenters. The van der Waals surface area contributed by atoms with E-state index in [0.29, 0.717) is 111 Å². The second-order valence-electron chi connectivity index (χ2n) is 10.2. The molecule has 0 spiro atoms. The Morgan fingerprint density at radius 1 is 0.660 bits per heavy atom. The minimum absolute atomic E-state index is 0.0697. The summed E-state index contributed by atoms with van der Waals surface area (Å²) in [4.78, 5) is 50.8. The fourth-order valence-electron chi connectivity index (χ4n) is 4.62. The molecule has 0 radical (unpaired) electrons. The molecule has 1 aromatic carbocycles. The fraction of sp³-hybridized carbons (Fsp3) is 0.677. The Morgan fingerprint density at radius 2 is 1.13 bits per heavy atom. The van der Waals surface area contributed by atoms with Crippen LogP contribution in [0, 0.1) is 0 Å². The maximum absolute atomic E-state index is 13.1. The van der Waals surface area contributed by atoms with E-state index in [-0.39, 0.29) is 24.0 Å². The number of amides is 4. The average Bonchev–Trinajstić information content (AvgIpc) is 3.32. The number of nitrogens with zero attached hydrogens (tertiary/aromatic N) is 1. The molecule has 1 saturated heterocycles. The van der Waals surface area contributed by atoms with Gasteiger partial charge >= 0.3 is 0 Å². The number of piperidine rings is 1. The molecule has 16 heteroatoms. The molecule has 2 aliphatic heterocycles. The lowest BCUT2D eigenvalue weighted by Crippen LogP contribution is -2.54. The Bertz CT molecular complexity index is 1110. The van der Waals surface area contributed by atoms with Crippen LogP contribution in [0.3, 0.4) is 0 Å². The SMILES string of the molecule is O=C1CCC(N2C(=O)c3cccc(NCCOCCOCCOCCOCCOCCOCCOCCOCCI)c3C2=O)C(=O)N1. The number of ether oxygens (including phenoxy) is 8. The van der Waals surface area contributed by atoms with Crippen LogP contribution in [0.4, 0.5) is 5.69 Å². The van der Waals surface area contributed by atoms with Gasteiger partial charge in [-0.15, -0.1) is 0 Å². The van der Waals surface area contributed by atoms with Crippen LogP contribution in [0.1, 0.15) is 33.6 Å². The van der Waals surface area contributed by atoms with Gasteiger partial charge in [-0.25, -0.2) is 0 Å². The van der Waals surface area contributed by atoms with E-state index >= 15 is 0 Å². The number of carbonyl (C=O) groups is 4. The fourth-order valence-corrected chi connectivity index (χ4v) is 4.93. The first-order chi connectivity index (χ1) is 23.0. The molecule has 0 aliphatic carbocycles. The van der Waals surface area contributed by atoms with Crippen LogP contribution in [0.5, 0.6) is 0 Å². The van der Waals surface area contributed by atoms with Crippen LogP contribution in [-0.4, -0.2) is 151 Å². The van der Waals surface area contributed by atoms with Crippen molar-refractivity contribution in [2.24, 2.45) is 0 Å². The number of nitrogens with one attached hydrogen (secondary N) is 2. The first-order valence-electron chi connectivity index (χ1n) is 15.8. The Kier molecular flexibility index (Phi) is 19.9. The van der Waals surface area contributed by atoms with E-state index < -0.39 is 29.7 Å². The van der Waals surface area contributed by atoms with E-state index in [2.05, 4.69) is 33.2 Å². The lowest BCUT2D eigenvalue weighted by molar-refractivity contribution is -0.136. The van der Waals surface area contributed by atoms with Gasteiger partial charge in [0.1, 0.15) is 6.04 Å². The van der Waals surface area contributed by atoms with Gasteiger partial charge in [0.05, 0.1) is 117 Å². The molecular formula is C31H46IN3O12. The molecule has 0 saturated carbocycles. The average molecular weight is 780 g/mol. The predicted molar refractivity (Wildman–Crippen MR) is 177 cm³/mol. The summed E-state index contributed by atoms with van der Waals surface area (Å²) in [5, 5.41) is 5.33. The normalized spacial score (nSPS) is 16.2. The first kappa shape index (κ1) is 39.2. The number of benzene rings is 1. The Labute approximate surface area is 288 Å². The van der Waals surface area contributed by atoms with Gasteiger partial charge in [0.15, 0.2) is 0 Å². The van der Waals surface area contributed by atoms with Gasteiger partial charge in [-0.3, -0.25) is 29.4 Å². The molecule has 0 bridgehead atoms. The summed E-state index contributed by atoms with van der Waals surface area (Å²) in [6.07, 6.45) is 0.178. The zero-order chi connectivity index (χ0) is 33.5. The van der Waals surface area contributed by atoms with Crippen molar-refractivity contribution in [2.75, 3.05) is 122 Å². The summed E-state index contributed by atoms with van der Waals surface area (Å²) in [5.41, 5.74) is 0.920. The molecule has 264 valence electrons. The molecule has 2 aliphatic rings. The molecule has 2 N–H and O–H groups in total. The summed E-state index contributed by atoms with van der Waals surface area (Å²) in [6.45, 7) is 8.30. The van der Waals surface area contributed by atoms with Crippen molar-refractivity contribution >= 4 is 51.9 Å². The second-order valence-corrected chi connectivity index (χ2v) is 11.3. The maximum atomic E-state index is 13.1. The van der Waals surface area contributed by atoms with Crippen molar-refractivity contribution in [3.63, 3.8) is 0 Å². The molecular weight excluding hydrogens is 733 g/mol. The van der Waals surface area contributed by atoms with Gasteiger partial charge < -0.3 is 43.2 Å². The van der Waals surface area contributed by atoms with Crippen molar-refractivity contribution in [3.05, 3.63) is 29.3 Å². The van der Waals surface area contributed by atoms with E-state index in [1.165, 1.54) is 0 Å². The summed E-state index contributed by atoms with van der Waals surface area (Å²) in [6, 6.07) is 3.91. The number of carbonyl (C=O) groups excluding carboxylic acids is 4. The van der Waals surface area contributed by atoms with Crippen LogP contribution in [-0.2, 0) is 47.5 Å². The van der Waals surface area contributed by atoms with Gasteiger partial charge in [-0.1, -0.05) is 28.7 Å².